The van der Waals surface area contributed by atoms with Crippen LogP contribution in [-0.4, -0.2) is 22.0 Å². The molecule has 1 saturated heterocycles. The molecule has 1 fully saturated rings. The molecule has 3 aromatic rings. The summed E-state index contributed by atoms with van der Waals surface area (Å²) in [5.41, 5.74) is 1.94. The predicted molar refractivity (Wildman–Crippen MR) is 116 cm³/mol. The van der Waals surface area contributed by atoms with Crippen molar-refractivity contribution >= 4 is 45.3 Å². The molecule has 150 valence electrons. The van der Waals surface area contributed by atoms with Gasteiger partial charge in [-0.25, -0.2) is 0 Å². The van der Waals surface area contributed by atoms with Gasteiger partial charge in [0.2, 0.25) is 16.9 Å². The number of aryl methyl sites for hydroxylation is 1. The van der Waals surface area contributed by atoms with E-state index in [1.807, 2.05) is 62.5 Å². The molecule has 0 spiro atoms. The predicted octanol–water partition coefficient (Wildman–Crippen LogP) is 4.76. The van der Waals surface area contributed by atoms with Gasteiger partial charge in [0.05, 0.1) is 12.0 Å². The molecule has 0 bridgehead atoms. The minimum absolute atomic E-state index is 0.0486. The third-order valence-electron chi connectivity index (χ3n) is 4.97. The summed E-state index contributed by atoms with van der Waals surface area (Å²) < 4.78 is 0. The summed E-state index contributed by atoms with van der Waals surface area (Å²) in [6.07, 6.45) is 0.165. The molecule has 1 aliphatic rings. The highest BCUT2D eigenvalue weighted by molar-refractivity contribution is 7.15. The Kier molecular flexibility index (Phi) is 5.47. The lowest BCUT2D eigenvalue weighted by Gasteiger charge is -2.27. The van der Waals surface area contributed by atoms with Crippen molar-refractivity contribution in [2.24, 2.45) is 5.92 Å². The Morgan fingerprint density at radius 2 is 1.97 bits per heavy atom. The van der Waals surface area contributed by atoms with Crippen molar-refractivity contribution in [3.8, 4) is 0 Å². The minimum Gasteiger partial charge on any atom is -0.303 e. The lowest BCUT2D eigenvalue weighted by Crippen LogP contribution is -2.31. The third-order valence-corrected chi connectivity index (χ3v) is 7.05. The van der Waals surface area contributed by atoms with Gasteiger partial charge in [0, 0.05) is 22.9 Å². The molecule has 2 amide bonds. The zero-order valence-electron chi connectivity index (χ0n) is 16.5. The Bertz CT molecular complexity index is 1010. The fourth-order valence-electron chi connectivity index (χ4n) is 3.48. The highest BCUT2D eigenvalue weighted by atomic mass is 32.1. The molecule has 29 heavy (non-hydrogen) atoms. The second-order valence-electron chi connectivity index (χ2n) is 7.46. The van der Waals surface area contributed by atoms with Gasteiger partial charge in [-0.05, 0) is 30.5 Å². The number of nitrogens with one attached hydrogen (secondary N) is 1. The number of benzene rings is 1. The second kappa shape index (κ2) is 8.04. The van der Waals surface area contributed by atoms with E-state index in [2.05, 4.69) is 15.5 Å². The molecule has 4 rings (SSSR count). The molecule has 2 unspecified atom stereocenters. The smallest absolute Gasteiger partial charge is 0.232 e. The summed E-state index contributed by atoms with van der Waals surface area (Å²) in [7, 11) is 0. The normalized spacial score (nSPS) is 19.2. The van der Waals surface area contributed by atoms with Crippen LogP contribution >= 0.6 is 22.7 Å². The fraction of sp³-hybridized carbons (Fsp3) is 0.333. The van der Waals surface area contributed by atoms with Gasteiger partial charge in [-0.1, -0.05) is 48.9 Å². The lowest BCUT2D eigenvalue weighted by atomic mass is 9.97. The molecular weight excluding hydrogens is 404 g/mol. The third kappa shape index (κ3) is 3.95. The molecule has 1 N–H and O–H groups in total. The molecule has 2 aromatic heterocycles. The van der Waals surface area contributed by atoms with Gasteiger partial charge in [-0.3, -0.25) is 9.59 Å². The highest BCUT2D eigenvalue weighted by Crippen LogP contribution is 2.43. The number of thiophene rings is 1. The maximum atomic E-state index is 13.1. The van der Waals surface area contributed by atoms with Crippen molar-refractivity contribution in [2.45, 2.75) is 39.2 Å². The molecule has 0 aliphatic carbocycles. The van der Waals surface area contributed by atoms with Crippen LogP contribution in [-0.2, 0) is 9.59 Å². The Labute approximate surface area is 177 Å². The zero-order chi connectivity index (χ0) is 20.5. The Morgan fingerprint density at radius 3 is 2.59 bits per heavy atom. The minimum atomic E-state index is -0.492. The number of nitrogens with zero attached hydrogens (tertiary/aromatic N) is 3. The van der Waals surface area contributed by atoms with E-state index in [9.17, 15) is 9.59 Å². The average molecular weight is 427 g/mol. The number of anilines is 2. The van der Waals surface area contributed by atoms with Gasteiger partial charge in [-0.15, -0.1) is 21.5 Å². The number of hydrogen-bond acceptors (Lipinski definition) is 6. The maximum absolute atomic E-state index is 13.1. The van der Waals surface area contributed by atoms with Crippen LogP contribution in [0.2, 0.25) is 0 Å². The monoisotopic (exact) mass is 426 g/mol. The zero-order valence-corrected chi connectivity index (χ0v) is 18.1. The van der Waals surface area contributed by atoms with Gasteiger partial charge in [-0.2, -0.15) is 0 Å². The van der Waals surface area contributed by atoms with Gasteiger partial charge < -0.3 is 10.2 Å². The summed E-state index contributed by atoms with van der Waals surface area (Å²) in [4.78, 5) is 28.8. The molecule has 1 aromatic carbocycles. The molecule has 8 heteroatoms. The lowest BCUT2D eigenvalue weighted by molar-refractivity contribution is -0.122. The average Bonchev–Trinajstić information content (AvgIpc) is 3.42. The SMILES string of the molecule is Cc1ccc(N2C(=O)CC(C(=O)Nc3nnc(C(C)C)s3)C2c2cccs2)cc1. The number of aromatic nitrogens is 2. The van der Waals surface area contributed by atoms with Crippen LogP contribution < -0.4 is 10.2 Å². The molecule has 0 radical (unpaired) electrons. The molecular formula is C21H22N4O2S2. The first kappa shape index (κ1) is 19.7. The summed E-state index contributed by atoms with van der Waals surface area (Å²) in [6, 6.07) is 11.4. The van der Waals surface area contributed by atoms with Crippen LogP contribution in [0.1, 0.15) is 47.7 Å². The van der Waals surface area contributed by atoms with Crippen LogP contribution in [0.5, 0.6) is 0 Å². The largest absolute Gasteiger partial charge is 0.303 e. The summed E-state index contributed by atoms with van der Waals surface area (Å²) in [5.74, 6) is -0.485. The van der Waals surface area contributed by atoms with Crippen LogP contribution in [0.3, 0.4) is 0 Å². The van der Waals surface area contributed by atoms with Crippen LogP contribution in [0, 0.1) is 12.8 Å². The molecule has 0 saturated carbocycles. The van der Waals surface area contributed by atoms with Gasteiger partial charge in [0.1, 0.15) is 5.01 Å². The van der Waals surface area contributed by atoms with E-state index in [4.69, 9.17) is 0 Å². The second-order valence-corrected chi connectivity index (χ2v) is 9.45. The van der Waals surface area contributed by atoms with Crippen molar-refractivity contribution in [1.29, 1.82) is 0 Å². The van der Waals surface area contributed by atoms with Crippen LogP contribution in [0.25, 0.3) is 0 Å². The van der Waals surface area contributed by atoms with Gasteiger partial charge >= 0.3 is 0 Å². The van der Waals surface area contributed by atoms with Crippen LogP contribution in [0.15, 0.2) is 41.8 Å². The Morgan fingerprint density at radius 1 is 1.21 bits per heavy atom. The number of amides is 2. The first-order valence-electron chi connectivity index (χ1n) is 9.50. The first-order chi connectivity index (χ1) is 13.9. The number of hydrogen-bond donors (Lipinski definition) is 1. The Hall–Kier alpha value is -2.58. The van der Waals surface area contributed by atoms with E-state index in [1.54, 1.807) is 16.2 Å². The highest BCUT2D eigenvalue weighted by Gasteiger charge is 2.46. The van der Waals surface area contributed by atoms with E-state index in [0.29, 0.717) is 5.13 Å². The van der Waals surface area contributed by atoms with Crippen molar-refractivity contribution in [3.05, 3.63) is 57.2 Å². The number of rotatable bonds is 5. The van der Waals surface area contributed by atoms with Gasteiger partial charge in [0.15, 0.2) is 0 Å². The van der Waals surface area contributed by atoms with Crippen LogP contribution in [0.4, 0.5) is 10.8 Å². The van der Waals surface area contributed by atoms with E-state index in [-0.39, 0.29) is 30.2 Å². The molecule has 6 nitrogen and oxygen atoms in total. The van der Waals surface area contributed by atoms with Crippen molar-refractivity contribution in [3.63, 3.8) is 0 Å². The number of carbonyl (C=O) groups is 2. The first-order valence-corrected chi connectivity index (χ1v) is 11.2. The Balaban J connectivity index is 1.64. The topological polar surface area (TPSA) is 75.2 Å². The quantitative estimate of drug-likeness (QED) is 0.638. The summed E-state index contributed by atoms with van der Waals surface area (Å²) in [5, 5.41) is 14.4. The number of carbonyl (C=O) groups excluding carboxylic acids is 2. The van der Waals surface area contributed by atoms with Crippen molar-refractivity contribution in [1.82, 2.24) is 10.2 Å². The van der Waals surface area contributed by atoms with E-state index in [0.717, 1.165) is 21.1 Å². The van der Waals surface area contributed by atoms with E-state index in [1.165, 1.54) is 11.3 Å². The van der Waals surface area contributed by atoms with Crippen molar-refractivity contribution in [2.75, 3.05) is 10.2 Å². The summed E-state index contributed by atoms with van der Waals surface area (Å²) >= 11 is 2.94. The molecule has 1 aliphatic heterocycles. The fourth-order valence-corrected chi connectivity index (χ4v) is 5.11. The standard InChI is InChI=1S/C21H22N4O2S2/c1-12(2)20-23-24-21(29-20)22-19(27)15-11-17(26)25(14-8-6-13(3)7-9-14)18(15)16-5-4-10-28-16/h4-10,12,15,18H,11H2,1-3H3,(H,22,24,27). The molecule has 3 heterocycles. The van der Waals surface area contributed by atoms with Gasteiger partial charge in [0.25, 0.3) is 0 Å². The maximum Gasteiger partial charge on any atom is 0.232 e. The summed E-state index contributed by atoms with van der Waals surface area (Å²) in [6.45, 7) is 6.08. The van der Waals surface area contributed by atoms with E-state index < -0.39 is 5.92 Å². The van der Waals surface area contributed by atoms with E-state index >= 15 is 0 Å². The van der Waals surface area contributed by atoms with Crippen molar-refractivity contribution < 1.29 is 9.59 Å². The molecule has 2 atom stereocenters.